The van der Waals surface area contributed by atoms with Gasteiger partial charge in [0.15, 0.2) is 0 Å². The molecule has 1 aliphatic heterocycles. The fourth-order valence-electron chi connectivity index (χ4n) is 3.77. The summed E-state index contributed by atoms with van der Waals surface area (Å²) in [6, 6.07) is 11.5. The Balaban J connectivity index is 1.73. The van der Waals surface area contributed by atoms with Crippen LogP contribution in [0, 0.1) is 5.82 Å². The van der Waals surface area contributed by atoms with Crippen molar-refractivity contribution < 1.29 is 12.8 Å². The molecule has 1 heterocycles. The molecule has 1 fully saturated rings. The number of sulfonamides is 1. The van der Waals surface area contributed by atoms with Crippen molar-refractivity contribution >= 4 is 15.7 Å². The number of hydrogen-bond acceptors (Lipinski definition) is 3. The Kier molecular flexibility index (Phi) is 6.40. The summed E-state index contributed by atoms with van der Waals surface area (Å²) >= 11 is 0. The number of nitrogens with one attached hydrogen (secondary N) is 1. The topological polar surface area (TPSA) is 49.4 Å². The van der Waals surface area contributed by atoms with Gasteiger partial charge in [-0.05, 0) is 67.2 Å². The average Bonchev–Trinajstić information content (AvgIpc) is 3.10. The highest BCUT2D eigenvalue weighted by molar-refractivity contribution is 7.92. The first-order chi connectivity index (χ1) is 13.3. The molecule has 1 N–H and O–H groups in total. The summed E-state index contributed by atoms with van der Waals surface area (Å²) in [5.74, 6) is 0.148. The fourth-order valence-corrected chi connectivity index (χ4v) is 4.82. The van der Waals surface area contributed by atoms with E-state index in [-0.39, 0.29) is 22.3 Å². The van der Waals surface area contributed by atoms with Gasteiger partial charge >= 0.3 is 0 Å². The lowest BCUT2D eigenvalue weighted by atomic mass is 9.97. The minimum absolute atomic E-state index is 0.167. The van der Waals surface area contributed by atoms with Gasteiger partial charge in [0.1, 0.15) is 5.82 Å². The number of hydrogen-bond donors (Lipinski definition) is 1. The van der Waals surface area contributed by atoms with Crippen molar-refractivity contribution in [3.63, 3.8) is 0 Å². The van der Waals surface area contributed by atoms with E-state index in [1.807, 2.05) is 12.1 Å². The smallest absolute Gasteiger partial charge is 0.261 e. The second-order valence-corrected chi connectivity index (χ2v) is 9.53. The molecule has 0 aromatic heterocycles. The van der Waals surface area contributed by atoms with Crippen LogP contribution in [0.4, 0.5) is 10.1 Å². The highest BCUT2D eigenvalue weighted by Crippen LogP contribution is 2.31. The van der Waals surface area contributed by atoms with E-state index in [2.05, 4.69) is 30.4 Å². The van der Waals surface area contributed by atoms with Gasteiger partial charge in [-0.25, -0.2) is 12.8 Å². The summed E-state index contributed by atoms with van der Waals surface area (Å²) in [6.07, 6.45) is 2.03. The predicted molar refractivity (Wildman–Crippen MR) is 112 cm³/mol. The van der Waals surface area contributed by atoms with Gasteiger partial charge in [-0.2, -0.15) is 0 Å². The van der Waals surface area contributed by atoms with Gasteiger partial charge in [0.25, 0.3) is 10.0 Å². The number of benzene rings is 2. The van der Waals surface area contributed by atoms with Gasteiger partial charge in [0.05, 0.1) is 10.6 Å². The lowest BCUT2D eigenvalue weighted by Gasteiger charge is -2.16. The molecule has 1 saturated heterocycles. The first kappa shape index (κ1) is 20.8. The summed E-state index contributed by atoms with van der Waals surface area (Å²) < 4.78 is 42.4. The monoisotopic (exact) mass is 404 g/mol. The third kappa shape index (κ3) is 4.73. The molecule has 3 rings (SSSR count). The maximum Gasteiger partial charge on any atom is 0.261 e. The lowest BCUT2D eigenvalue weighted by molar-refractivity contribution is 0.334. The van der Waals surface area contributed by atoms with E-state index in [9.17, 15) is 12.8 Å². The van der Waals surface area contributed by atoms with Crippen molar-refractivity contribution in [1.82, 2.24) is 4.90 Å². The molecule has 0 aliphatic carbocycles. The van der Waals surface area contributed by atoms with Crippen LogP contribution in [0.25, 0.3) is 0 Å². The molecule has 0 saturated carbocycles. The summed E-state index contributed by atoms with van der Waals surface area (Å²) in [5, 5.41) is 0. The number of anilines is 1. The van der Waals surface area contributed by atoms with Gasteiger partial charge in [-0.3, -0.25) is 4.72 Å². The molecule has 0 radical (unpaired) electrons. The fraction of sp³-hybridized carbons (Fsp3) is 0.455. The molecule has 0 amide bonds. The van der Waals surface area contributed by atoms with Crippen LogP contribution in [0.15, 0.2) is 47.4 Å². The summed E-state index contributed by atoms with van der Waals surface area (Å²) in [6.45, 7) is 9.13. The van der Waals surface area contributed by atoms with E-state index >= 15 is 0 Å². The first-order valence-corrected chi connectivity index (χ1v) is 11.4. The van der Waals surface area contributed by atoms with Gasteiger partial charge in [-0.15, -0.1) is 0 Å². The van der Waals surface area contributed by atoms with Crippen LogP contribution >= 0.6 is 0 Å². The molecule has 0 bridgehead atoms. The van der Waals surface area contributed by atoms with E-state index in [4.69, 9.17) is 0 Å². The van der Waals surface area contributed by atoms with E-state index in [0.717, 1.165) is 38.0 Å². The largest absolute Gasteiger partial charge is 0.303 e. The Bertz CT molecular complexity index is 911. The molecule has 0 spiro atoms. The third-order valence-corrected chi connectivity index (χ3v) is 6.76. The highest BCUT2D eigenvalue weighted by Gasteiger charge is 2.25. The zero-order valence-electron chi connectivity index (χ0n) is 16.8. The van der Waals surface area contributed by atoms with Crippen molar-refractivity contribution in [3.05, 3.63) is 59.4 Å². The summed E-state index contributed by atoms with van der Waals surface area (Å²) in [7, 11) is -3.75. The van der Waals surface area contributed by atoms with Gasteiger partial charge < -0.3 is 4.90 Å². The van der Waals surface area contributed by atoms with Crippen LogP contribution in [0.5, 0.6) is 0 Å². The summed E-state index contributed by atoms with van der Waals surface area (Å²) in [4.78, 5) is 2.52. The van der Waals surface area contributed by atoms with Crippen LogP contribution in [0.3, 0.4) is 0 Å². The predicted octanol–water partition coefficient (Wildman–Crippen LogP) is 4.95. The first-order valence-electron chi connectivity index (χ1n) is 9.94. The van der Waals surface area contributed by atoms with Crippen LogP contribution in [-0.4, -0.2) is 33.0 Å². The van der Waals surface area contributed by atoms with Crippen molar-refractivity contribution in [2.45, 2.75) is 50.3 Å². The van der Waals surface area contributed by atoms with Crippen molar-refractivity contribution in [1.29, 1.82) is 0 Å². The molecule has 6 heteroatoms. The average molecular weight is 405 g/mol. The zero-order valence-corrected chi connectivity index (χ0v) is 17.6. The van der Waals surface area contributed by atoms with Crippen LogP contribution in [0.2, 0.25) is 0 Å². The van der Waals surface area contributed by atoms with Crippen LogP contribution in [-0.2, 0) is 10.0 Å². The van der Waals surface area contributed by atoms with Gasteiger partial charge in [0, 0.05) is 12.5 Å². The molecule has 152 valence electrons. The molecule has 4 nitrogen and oxygen atoms in total. The minimum Gasteiger partial charge on any atom is -0.303 e. The molecule has 1 unspecified atom stereocenters. The number of likely N-dealkylation sites (tertiary alicyclic amines) is 1. The standard InChI is InChI=1S/C22H29FN2O2S/c1-4-12-25-13-11-18(15-25)21-10-7-19(14-22(21)23)24-28(26,27)20-8-5-17(6-9-20)16(2)3/h5-10,14,16,18,24H,4,11-13,15H2,1-3H3. The Morgan fingerprint density at radius 2 is 1.89 bits per heavy atom. The number of halogens is 1. The van der Waals surface area contributed by atoms with E-state index in [1.54, 1.807) is 24.3 Å². The van der Waals surface area contributed by atoms with Gasteiger partial charge in [-0.1, -0.05) is 39.0 Å². The molecule has 2 aromatic carbocycles. The maximum atomic E-state index is 14.7. The Morgan fingerprint density at radius 1 is 1.18 bits per heavy atom. The molecular weight excluding hydrogens is 375 g/mol. The van der Waals surface area contributed by atoms with Crippen LogP contribution < -0.4 is 4.72 Å². The lowest BCUT2D eigenvalue weighted by Crippen LogP contribution is -2.21. The van der Waals surface area contributed by atoms with Crippen molar-refractivity contribution in [3.8, 4) is 0 Å². The van der Waals surface area contributed by atoms with E-state index < -0.39 is 10.0 Å². The quantitative estimate of drug-likeness (QED) is 0.710. The molecule has 1 atom stereocenters. The summed E-state index contributed by atoms with van der Waals surface area (Å²) in [5.41, 5.74) is 1.99. The molecule has 1 aliphatic rings. The van der Waals surface area contributed by atoms with Crippen LogP contribution in [0.1, 0.15) is 56.6 Å². The highest BCUT2D eigenvalue weighted by atomic mass is 32.2. The molecular formula is C22H29FN2O2S. The normalized spacial score (nSPS) is 18.0. The second-order valence-electron chi connectivity index (χ2n) is 7.85. The Labute approximate surface area is 167 Å². The van der Waals surface area contributed by atoms with Gasteiger partial charge in [0.2, 0.25) is 0 Å². The third-order valence-electron chi connectivity index (χ3n) is 5.36. The number of rotatable bonds is 7. The molecule has 28 heavy (non-hydrogen) atoms. The van der Waals surface area contributed by atoms with E-state index in [1.165, 1.54) is 6.07 Å². The molecule has 2 aromatic rings. The van der Waals surface area contributed by atoms with E-state index in [0.29, 0.717) is 11.5 Å². The van der Waals surface area contributed by atoms with Crippen molar-refractivity contribution in [2.75, 3.05) is 24.4 Å². The Hall–Kier alpha value is -1.92. The zero-order chi connectivity index (χ0) is 20.3. The SMILES string of the molecule is CCCN1CCC(c2ccc(NS(=O)(=O)c3ccc(C(C)C)cc3)cc2F)C1. The minimum atomic E-state index is -3.75. The maximum absolute atomic E-state index is 14.7. The Morgan fingerprint density at radius 3 is 2.50 bits per heavy atom. The second kappa shape index (κ2) is 8.62. The number of nitrogens with zero attached hydrogens (tertiary/aromatic N) is 1. The van der Waals surface area contributed by atoms with Crippen molar-refractivity contribution in [2.24, 2.45) is 0 Å².